The average molecular weight is 391 g/mol. The highest BCUT2D eigenvalue weighted by atomic mass is 35.5. The zero-order valence-corrected chi connectivity index (χ0v) is 15.3. The third kappa shape index (κ3) is 3.39. The Hall–Kier alpha value is -2.55. The van der Waals surface area contributed by atoms with E-state index in [1.54, 1.807) is 18.2 Å². The molecule has 0 aromatic heterocycles. The Morgan fingerprint density at radius 1 is 1.04 bits per heavy atom. The molecule has 142 valence electrons. The van der Waals surface area contributed by atoms with Crippen LogP contribution in [0.5, 0.6) is 0 Å². The van der Waals surface area contributed by atoms with Gasteiger partial charge in [0.2, 0.25) is 0 Å². The lowest BCUT2D eigenvalue weighted by Gasteiger charge is -2.31. The van der Waals surface area contributed by atoms with Gasteiger partial charge < -0.3 is 5.32 Å². The lowest BCUT2D eigenvalue weighted by Crippen LogP contribution is -2.49. The van der Waals surface area contributed by atoms with Crippen molar-refractivity contribution >= 4 is 40.7 Å². The van der Waals surface area contributed by atoms with Crippen LogP contribution in [0.15, 0.2) is 30.3 Å². The molecular weight excluding hydrogens is 372 g/mol. The number of benzene rings is 2. The van der Waals surface area contributed by atoms with Crippen LogP contribution in [0.4, 0.5) is 5.69 Å². The van der Waals surface area contributed by atoms with Crippen molar-refractivity contribution in [2.24, 2.45) is 0 Å². The first-order chi connectivity index (χ1) is 12.6. The van der Waals surface area contributed by atoms with E-state index in [0.29, 0.717) is 22.9 Å². The van der Waals surface area contributed by atoms with Gasteiger partial charge in [-0.15, -0.1) is 12.4 Å². The molecule has 1 fully saturated rings. The van der Waals surface area contributed by atoms with Crippen molar-refractivity contribution in [3.63, 3.8) is 0 Å². The molecule has 2 aromatic carbocycles. The van der Waals surface area contributed by atoms with Gasteiger partial charge >= 0.3 is 0 Å². The largest absolute Gasteiger partial charge is 0.314 e. The number of imide groups is 1. The number of hydrogen-bond donors (Lipinski definition) is 1. The first-order valence-electron chi connectivity index (χ1n) is 8.56. The Bertz CT molecular complexity index is 927. The molecule has 8 nitrogen and oxygen atoms in total. The molecule has 2 amide bonds. The van der Waals surface area contributed by atoms with E-state index in [9.17, 15) is 19.7 Å². The predicted octanol–water partition coefficient (Wildman–Crippen LogP) is 1.67. The minimum absolute atomic E-state index is 0. The maximum absolute atomic E-state index is 12.9. The summed E-state index contributed by atoms with van der Waals surface area (Å²) in [6, 6.07) is 7.72. The SMILES string of the molecule is Cl.O=C1c2cccc3cc([N+](=O)[O-])cc(c23)C(=O)N1CCN1CCNCC1. The van der Waals surface area contributed by atoms with Gasteiger partial charge in [0.05, 0.1) is 10.5 Å². The Morgan fingerprint density at radius 3 is 2.44 bits per heavy atom. The average Bonchev–Trinajstić information content (AvgIpc) is 2.66. The lowest BCUT2D eigenvalue weighted by molar-refractivity contribution is -0.384. The van der Waals surface area contributed by atoms with E-state index in [-0.39, 0.29) is 36.1 Å². The smallest absolute Gasteiger partial charge is 0.270 e. The van der Waals surface area contributed by atoms with Gasteiger partial charge in [-0.25, -0.2) is 0 Å². The molecule has 0 aliphatic carbocycles. The van der Waals surface area contributed by atoms with Crippen molar-refractivity contribution in [1.82, 2.24) is 15.1 Å². The predicted molar refractivity (Wildman–Crippen MR) is 103 cm³/mol. The van der Waals surface area contributed by atoms with Crippen molar-refractivity contribution in [2.75, 3.05) is 39.3 Å². The minimum Gasteiger partial charge on any atom is -0.314 e. The van der Waals surface area contributed by atoms with Crippen LogP contribution in [0.1, 0.15) is 20.7 Å². The van der Waals surface area contributed by atoms with Crippen LogP contribution in [0, 0.1) is 10.1 Å². The van der Waals surface area contributed by atoms with Crippen molar-refractivity contribution in [3.8, 4) is 0 Å². The summed E-state index contributed by atoms with van der Waals surface area (Å²) in [5.74, 6) is -0.797. The first-order valence-corrected chi connectivity index (χ1v) is 8.56. The van der Waals surface area contributed by atoms with E-state index < -0.39 is 10.8 Å². The number of piperazine rings is 1. The third-order valence-corrected chi connectivity index (χ3v) is 4.97. The Labute approximate surface area is 161 Å². The van der Waals surface area contributed by atoms with Gasteiger partial charge in [-0.1, -0.05) is 12.1 Å². The Balaban J connectivity index is 0.00000210. The normalized spacial score (nSPS) is 17.1. The molecule has 2 heterocycles. The third-order valence-electron chi connectivity index (χ3n) is 4.97. The molecule has 0 unspecified atom stereocenters. The van der Waals surface area contributed by atoms with Crippen LogP contribution in [0.25, 0.3) is 10.8 Å². The molecule has 0 spiro atoms. The second kappa shape index (κ2) is 7.59. The quantitative estimate of drug-likeness (QED) is 0.484. The fraction of sp³-hybridized carbons (Fsp3) is 0.333. The molecule has 0 bridgehead atoms. The number of halogens is 1. The molecule has 0 radical (unpaired) electrons. The maximum atomic E-state index is 12.9. The summed E-state index contributed by atoms with van der Waals surface area (Å²) < 4.78 is 0. The van der Waals surface area contributed by atoms with Crippen molar-refractivity contribution < 1.29 is 14.5 Å². The molecule has 0 saturated carbocycles. The molecule has 27 heavy (non-hydrogen) atoms. The maximum Gasteiger partial charge on any atom is 0.270 e. The zero-order chi connectivity index (χ0) is 18.3. The van der Waals surface area contributed by atoms with E-state index in [2.05, 4.69) is 10.2 Å². The van der Waals surface area contributed by atoms with Gasteiger partial charge in [-0.05, 0) is 11.5 Å². The number of non-ortho nitro benzene ring substituents is 1. The molecular formula is C18H19ClN4O4. The summed E-state index contributed by atoms with van der Waals surface area (Å²) in [6.45, 7) is 4.38. The molecule has 2 aromatic rings. The monoisotopic (exact) mass is 390 g/mol. The minimum atomic E-state index is -0.516. The molecule has 9 heteroatoms. The summed E-state index contributed by atoms with van der Waals surface area (Å²) in [5.41, 5.74) is 0.506. The van der Waals surface area contributed by atoms with E-state index in [4.69, 9.17) is 0 Å². The van der Waals surface area contributed by atoms with Crippen LogP contribution >= 0.6 is 12.4 Å². The number of amides is 2. The van der Waals surface area contributed by atoms with Crippen molar-refractivity contribution in [3.05, 3.63) is 51.6 Å². The highest BCUT2D eigenvalue weighted by molar-refractivity contribution is 6.25. The second-order valence-electron chi connectivity index (χ2n) is 6.51. The van der Waals surface area contributed by atoms with Crippen LogP contribution in [-0.2, 0) is 0 Å². The highest BCUT2D eigenvalue weighted by Gasteiger charge is 2.34. The summed E-state index contributed by atoms with van der Waals surface area (Å²) >= 11 is 0. The van der Waals surface area contributed by atoms with E-state index >= 15 is 0 Å². The van der Waals surface area contributed by atoms with Gasteiger partial charge in [0.15, 0.2) is 0 Å². The van der Waals surface area contributed by atoms with Crippen LogP contribution < -0.4 is 5.32 Å². The number of nitrogens with one attached hydrogen (secondary N) is 1. The number of nitro groups is 1. The van der Waals surface area contributed by atoms with Crippen LogP contribution in [0.3, 0.4) is 0 Å². The second-order valence-corrected chi connectivity index (χ2v) is 6.51. The van der Waals surface area contributed by atoms with Crippen LogP contribution in [-0.4, -0.2) is 65.8 Å². The standard InChI is InChI=1S/C18H18N4O4.ClH/c23-17-14-3-1-2-12-10-13(22(25)26)11-15(16(12)14)18(24)21(17)9-8-20-6-4-19-5-7-20;/h1-3,10-11,19H,4-9H2;1H. The molecule has 1 saturated heterocycles. The first kappa shape index (κ1) is 19.2. The number of carbonyl (C=O) groups is 2. The molecule has 0 atom stereocenters. The highest BCUT2D eigenvalue weighted by Crippen LogP contribution is 2.33. The number of nitro benzene ring substituents is 1. The molecule has 2 aliphatic rings. The van der Waals surface area contributed by atoms with E-state index in [0.717, 1.165) is 26.2 Å². The van der Waals surface area contributed by atoms with E-state index in [1.165, 1.54) is 17.0 Å². The number of hydrogen-bond acceptors (Lipinski definition) is 6. The summed E-state index contributed by atoms with van der Waals surface area (Å²) in [4.78, 5) is 39.8. The molecule has 4 rings (SSSR count). The Morgan fingerprint density at radius 2 is 1.74 bits per heavy atom. The van der Waals surface area contributed by atoms with Gasteiger partial charge in [-0.3, -0.25) is 29.5 Å². The fourth-order valence-electron chi connectivity index (χ4n) is 3.63. The van der Waals surface area contributed by atoms with Crippen LogP contribution in [0.2, 0.25) is 0 Å². The summed E-state index contributed by atoms with van der Waals surface area (Å²) in [6.07, 6.45) is 0. The van der Waals surface area contributed by atoms with Gasteiger partial charge in [-0.2, -0.15) is 0 Å². The fourth-order valence-corrected chi connectivity index (χ4v) is 3.63. The van der Waals surface area contributed by atoms with Crippen molar-refractivity contribution in [1.29, 1.82) is 0 Å². The van der Waals surface area contributed by atoms with Gasteiger partial charge in [0.25, 0.3) is 17.5 Å². The number of rotatable bonds is 4. The lowest BCUT2D eigenvalue weighted by atomic mass is 9.93. The molecule has 1 N–H and O–H groups in total. The summed E-state index contributed by atoms with van der Waals surface area (Å²) in [7, 11) is 0. The Kier molecular flexibility index (Phi) is 5.41. The molecule has 2 aliphatic heterocycles. The van der Waals surface area contributed by atoms with Gasteiger partial charge in [0, 0.05) is 62.4 Å². The summed E-state index contributed by atoms with van der Waals surface area (Å²) in [5, 5.41) is 15.5. The topological polar surface area (TPSA) is 95.8 Å². The van der Waals surface area contributed by atoms with E-state index in [1.807, 2.05) is 0 Å². The number of carbonyl (C=O) groups excluding carboxylic acids is 2. The van der Waals surface area contributed by atoms with Crippen molar-refractivity contribution in [2.45, 2.75) is 0 Å². The van der Waals surface area contributed by atoms with Gasteiger partial charge in [0.1, 0.15) is 0 Å². The number of nitrogens with zero attached hydrogens (tertiary/aromatic N) is 3. The zero-order valence-electron chi connectivity index (χ0n) is 14.5.